The minimum atomic E-state index is -0.818. The molecule has 8 nitrogen and oxygen atoms in total. The Bertz CT molecular complexity index is 354. The monoisotopic (exact) mass is 244 g/mol. The lowest BCUT2D eigenvalue weighted by Crippen LogP contribution is -2.09. The Balaban J connectivity index is 2.29. The van der Waals surface area contributed by atoms with Gasteiger partial charge >= 0.3 is 5.97 Å². The molecule has 0 amide bonds. The van der Waals surface area contributed by atoms with Crippen LogP contribution in [0.2, 0.25) is 0 Å². The lowest BCUT2D eigenvalue weighted by molar-refractivity contribution is -0.136. The van der Waals surface area contributed by atoms with Crippen LogP contribution in [0.1, 0.15) is 6.42 Å². The van der Waals surface area contributed by atoms with Crippen molar-refractivity contribution in [3.05, 3.63) is 0 Å². The number of nitrogens with zero attached hydrogens (tertiary/aromatic N) is 3. The van der Waals surface area contributed by atoms with Crippen LogP contribution in [0.4, 0.5) is 17.8 Å². The zero-order valence-electron chi connectivity index (χ0n) is 8.38. The van der Waals surface area contributed by atoms with Crippen LogP contribution in [0.25, 0.3) is 0 Å². The van der Waals surface area contributed by atoms with E-state index in [1.807, 2.05) is 0 Å². The maximum atomic E-state index is 10.2. The van der Waals surface area contributed by atoms with E-state index in [1.165, 1.54) is 11.8 Å². The molecule has 1 heterocycles. The first-order valence-corrected chi connectivity index (χ1v) is 5.54. The predicted molar refractivity (Wildman–Crippen MR) is 61.9 cm³/mol. The molecule has 1 aromatic rings. The van der Waals surface area contributed by atoms with Gasteiger partial charge in [0.25, 0.3) is 0 Å². The minimum Gasteiger partial charge on any atom is -0.481 e. The Morgan fingerprint density at radius 3 is 2.50 bits per heavy atom. The largest absolute Gasteiger partial charge is 0.481 e. The van der Waals surface area contributed by atoms with Crippen molar-refractivity contribution in [3.63, 3.8) is 0 Å². The average Bonchev–Trinajstić information content (AvgIpc) is 2.15. The summed E-state index contributed by atoms with van der Waals surface area (Å²) >= 11 is 1.41. The number of nitrogens with two attached hydrogens (primary N) is 2. The molecule has 1 aromatic heterocycles. The number of carboxylic acid groups (broad SMARTS) is 1. The molecular formula is C7H12N6O2S. The van der Waals surface area contributed by atoms with Gasteiger partial charge in [-0.25, -0.2) is 0 Å². The van der Waals surface area contributed by atoms with E-state index < -0.39 is 5.97 Å². The second-order valence-corrected chi connectivity index (χ2v) is 3.85. The van der Waals surface area contributed by atoms with Crippen molar-refractivity contribution >= 4 is 35.6 Å². The maximum absolute atomic E-state index is 10.2. The van der Waals surface area contributed by atoms with Crippen LogP contribution in [-0.4, -0.2) is 37.7 Å². The highest BCUT2D eigenvalue weighted by Gasteiger charge is 2.01. The van der Waals surface area contributed by atoms with Crippen LogP contribution in [0, 0.1) is 0 Å². The Kier molecular flexibility index (Phi) is 4.58. The van der Waals surface area contributed by atoms with Crippen molar-refractivity contribution in [2.75, 3.05) is 28.4 Å². The fourth-order valence-corrected chi connectivity index (χ4v) is 1.53. The third kappa shape index (κ3) is 4.64. The summed E-state index contributed by atoms with van der Waals surface area (Å²) in [5.41, 5.74) is 10.7. The Hall–Kier alpha value is -1.77. The highest BCUT2D eigenvalue weighted by Crippen LogP contribution is 2.07. The van der Waals surface area contributed by atoms with E-state index in [2.05, 4.69) is 20.3 Å². The van der Waals surface area contributed by atoms with Gasteiger partial charge in [-0.15, -0.1) is 11.8 Å². The first-order valence-electron chi connectivity index (χ1n) is 4.38. The molecule has 0 aliphatic heterocycles. The van der Waals surface area contributed by atoms with E-state index in [-0.39, 0.29) is 24.3 Å². The van der Waals surface area contributed by atoms with Gasteiger partial charge in [-0.05, 0) is 0 Å². The van der Waals surface area contributed by atoms with Crippen molar-refractivity contribution in [3.8, 4) is 0 Å². The summed E-state index contributed by atoms with van der Waals surface area (Å²) in [7, 11) is 0. The van der Waals surface area contributed by atoms with E-state index in [0.29, 0.717) is 11.6 Å². The molecule has 0 spiro atoms. The standard InChI is InChI=1S/C7H12N6O2S/c8-5-11-6(9)13-7(12-5)10-3-16-2-1-4(14)15/h1-3H2,(H,14,15)(H5,8,9,10,11,12,13). The summed E-state index contributed by atoms with van der Waals surface area (Å²) in [6.07, 6.45) is 0.119. The molecule has 0 aliphatic rings. The molecule has 0 aromatic carbocycles. The first-order chi connectivity index (χ1) is 7.58. The van der Waals surface area contributed by atoms with Crippen LogP contribution in [0.3, 0.4) is 0 Å². The molecule has 0 saturated heterocycles. The van der Waals surface area contributed by atoms with Crippen molar-refractivity contribution in [1.82, 2.24) is 15.0 Å². The molecule has 0 fully saturated rings. The van der Waals surface area contributed by atoms with Crippen LogP contribution in [-0.2, 0) is 4.79 Å². The van der Waals surface area contributed by atoms with E-state index in [9.17, 15) is 4.79 Å². The maximum Gasteiger partial charge on any atom is 0.304 e. The second-order valence-electron chi connectivity index (χ2n) is 2.75. The summed E-state index contributed by atoms with van der Waals surface area (Å²) in [4.78, 5) is 21.4. The molecule has 0 unspecified atom stereocenters. The van der Waals surface area contributed by atoms with Crippen molar-refractivity contribution in [2.45, 2.75) is 6.42 Å². The molecule has 0 atom stereocenters. The van der Waals surface area contributed by atoms with Crippen molar-refractivity contribution in [2.24, 2.45) is 0 Å². The molecule has 1 rings (SSSR count). The molecule has 9 heteroatoms. The summed E-state index contributed by atoms with van der Waals surface area (Å²) in [5, 5.41) is 11.3. The van der Waals surface area contributed by atoms with E-state index >= 15 is 0 Å². The lowest BCUT2D eigenvalue weighted by Gasteiger charge is -2.04. The molecule has 0 aliphatic carbocycles. The van der Waals surface area contributed by atoms with Gasteiger partial charge in [0.1, 0.15) is 0 Å². The van der Waals surface area contributed by atoms with Crippen LogP contribution < -0.4 is 16.8 Å². The number of aliphatic carboxylic acids is 1. The van der Waals surface area contributed by atoms with Crippen molar-refractivity contribution < 1.29 is 9.90 Å². The van der Waals surface area contributed by atoms with Crippen LogP contribution in [0.5, 0.6) is 0 Å². The first kappa shape index (κ1) is 12.3. The van der Waals surface area contributed by atoms with Gasteiger partial charge < -0.3 is 21.9 Å². The SMILES string of the molecule is Nc1nc(N)nc(NCSCCC(=O)O)n1. The minimum absolute atomic E-state index is 0.0468. The quantitative estimate of drug-likeness (QED) is 0.389. The number of aromatic nitrogens is 3. The number of nitrogens with one attached hydrogen (secondary N) is 1. The van der Waals surface area contributed by atoms with E-state index in [1.54, 1.807) is 0 Å². The molecule has 88 valence electrons. The van der Waals surface area contributed by atoms with Gasteiger partial charge in [0.15, 0.2) is 0 Å². The van der Waals surface area contributed by atoms with Crippen LogP contribution >= 0.6 is 11.8 Å². The smallest absolute Gasteiger partial charge is 0.304 e. The van der Waals surface area contributed by atoms with Crippen molar-refractivity contribution in [1.29, 1.82) is 0 Å². The lowest BCUT2D eigenvalue weighted by atomic mass is 10.5. The molecular weight excluding hydrogens is 232 g/mol. The Labute approximate surface area is 95.9 Å². The fraction of sp³-hybridized carbons (Fsp3) is 0.429. The summed E-state index contributed by atoms with van der Waals surface area (Å²) in [6.45, 7) is 0. The van der Waals surface area contributed by atoms with Gasteiger partial charge in [0.2, 0.25) is 17.8 Å². The Morgan fingerprint density at radius 1 is 1.31 bits per heavy atom. The van der Waals surface area contributed by atoms with Gasteiger partial charge in [0.05, 0.1) is 12.3 Å². The summed E-state index contributed by atoms with van der Waals surface area (Å²) in [6, 6.07) is 0. The fourth-order valence-electron chi connectivity index (χ4n) is 0.836. The number of hydrogen-bond acceptors (Lipinski definition) is 8. The topological polar surface area (TPSA) is 140 Å². The van der Waals surface area contributed by atoms with E-state index in [0.717, 1.165) is 0 Å². The van der Waals surface area contributed by atoms with E-state index in [4.69, 9.17) is 16.6 Å². The van der Waals surface area contributed by atoms with Crippen LogP contribution in [0.15, 0.2) is 0 Å². The van der Waals surface area contributed by atoms with Gasteiger partial charge in [0, 0.05) is 5.75 Å². The zero-order chi connectivity index (χ0) is 12.0. The number of hydrogen-bond donors (Lipinski definition) is 4. The number of nitrogen functional groups attached to an aromatic ring is 2. The Morgan fingerprint density at radius 2 is 1.94 bits per heavy atom. The summed E-state index contributed by atoms with van der Waals surface area (Å²) < 4.78 is 0. The third-order valence-electron chi connectivity index (χ3n) is 1.46. The number of anilines is 3. The highest BCUT2D eigenvalue weighted by molar-refractivity contribution is 7.99. The second kappa shape index (κ2) is 5.95. The average molecular weight is 244 g/mol. The number of rotatable bonds is 6. The number of thioether (sulfide) groups is 1. The molecule has 6 N–H and O–H groups in total. The van der Waals surface area contributed by atoms with Gasteiger partial charge in [-0.3, -0.25) is 4.79 Å². The highest BCUT2D eigenvalue weighted by atomic mass is 32.2. The zero-order valence-corrected chi connectivity index (χ0v) is 9.20. The molecule has 0 saturated carbocycles. The molecule has 0 radical (unpaired) electrons. The predicted octanol–water partition coefficient (Wildman–Crippen LogP) is -0.387. The number of carbonyl (C=O) groups is 1. The number of carboxylic acids is 1. The molecule has 0 bridgehead atoms. The normalized spacial score (nSPS) is 10.0. The third-order valence-corrected chi connectivity index (χ3v) is 2.30. The van der Waals surface area contributed by atoms with Gasteiger partial charge in [-0.1, -0.05) is 0 Å². The summed E-state index contributed by atoms with van der Waals surface area (Å²) in [5.74, 6) is 0.555. The molecule has 16 heavy (non-hydrogen) atoms. The van der Waals surface area contributed by atoms with Gasteiger partial charge in [-0.2, -0.15) is 15.0 Å².